The molecule has 0 aliphatic carbocycles. The van der Waals surface area contributed by atoms with E-state index in [0.717, 1.165) is 70.6 Å². The van der Waals surface area contributed by atoms with Crippen LogP contribution in [0, 0.1) is 0 Å². The van der Waals surface area contributed by atoms with Gasteiger partial charge < -0.3 is 39.4 Å². The molecule has 0 amide bonds. The quantitative estimate of drug-likeness (QED) is 0.0276. The number of rotatable bonds is 37. The Balaban J connectivity index is 2.30. The van der Waals surface area contributed by atoms with E-state index < -0.39 is 43.4 Å². The number of hydrogen-bond donors (Lipinski definition) is 4. The lowest BCUT2D eigenvalue weighted by Crippen LogP contribution is -2.59. The predicted molar refractivity (Wildman–Crippen MR) is 228 cm³/mol. The third kappa shape index (κ3) is 29.2. The Hall–Kier alpha value is -2.11. The molecule has 0 aromatic rings. The molecule has 0 bridgehead atoms. The maximum Gasteiger partial charge on any atom is 0.306 e. The Kier molecular flexibility index (Phi) is 35.6. The third-order valence-electron chi connectivity index (χ3n) is 9.92. The van der Waals surface area contributed by atoms with Crippen molar-refractivity contribution in [3.63, 3.8) is 0 Å². The summed E-state index contributed by atoms with van der Waals surface area (Å²) in [4.78, 5) is 12.8. The second-order valence-electron chi connectivity index (χ2n) is 15.1. The molecule has 1 saturated heterocycles. The van der Waals surface area contributed by atoms with Gasteiger partial charge in [-0.15, -0.1) is 0 Å². The fourth-order valence-electron chi connectivity index (χ4n) is 6.42. The van der Waals surface area contributed by atoms with E-state index in [0.29, 0.717) is 13.0 Å². The number of carbonyl (C=O) groups excluding carboxylic acids is 1. The van der Waals surface area contributed by atoms with E-state index in [1.54, 1.807) is 0 Å². The Labute approximate surface area is 341 Å². The van der Waals surface area contributed by atoms with Gasteiger partial charge in [-0.05, 0) is 77.0 Å². The first-order valence-corrected chi connectivity index (χ1v) is 22.4. The topological polar surface area (TPSA) is 135 Å². The molecular formula is C47H82O9. The standard InChI is InChI=1S/C47H82O9/c1-3-5-7-9-11-13-15-17-19-21-22-24-26-28-30-32-34-36-43(49)55-41(40-54-47-46(52)45(51)44(50)42(38-48)56-47)39-53-37-35-33-31-29-27-25-23-20-18-16-14-12-10-8-6-4-2/h6,8,12,14,17-20,25,27,41-42,44-48,50-52H,3-5,7,9-11,13,15-16,21-24,26,28-40H2,1-2H3/b8-6-,14-12-,19-17-,20-18-,27-25-. The fraction of sp³-hybridized carbons (Fsp3) is 0.766. The number of hydrogen-bond acceptors (Lipinski definition) is 9. The Morgan fingerprint density at radius 1 is 0.589 bits per heavy atom. The van der Waals surface area contributed by atoms with Crippen molar-refractivity contribution >= 4 is 5.97 Å². The van der Waals surface area contributed by atoms with Crippen molar-refractivity contribution in [3.8, 4) is 0 Å². The molecule has 0 aromatic heterocycles. The zero-order valence-corrected chi connectivity index (χ0v) is 35.4. The van der Waals surface area contributed by atoms with Crippen LogP contribution < -0.4 is 0 Å². The van der Waals surface area contributed by atoms with Gasteiger partial charge in [-0.2, -0.15) is 0 Å². The van der Waals surface area contributed by atoms with Crippen LogP contribution in [0.3, 0.4) is 0 Å². The molecule has 6 atom stereocenters. The Bertz CT molecular complexity index is 1040. The number of unbranched alkanes of at least 4 members (excludes halogenated alkanes) is 16. The van der Waals surface area contributed by atoms with Crippen LogP contribution >= 0.6 is 0 Å². The number of aliphatic hydroxyl groups is 4. The van der Waals surface area contributed by atoms with Gasteiger partial charge in [0.05, 0.1) is 19.8 Å². The molecule has 0 spiro atoms. The van der Waals surface area contributed by atoms with Crippen molar-refractivity contribution in [1.82, 2.24) is 0 Å². The SMILES string of the molecule is CC/C=C\C/C=C\C/C=C\C/C=C\CCCCCOCC(COC1OC(CO)C(O)C(O)C1O)OC(=O)CCCCCCCCC/C=C\CCCCCCCC. The minimum Gasteiger partial charge on any atom is -0.457 e. The minimum atomic E-state index is -1.55. The monoisotopic (exact) mass is 791 g/mol. The van der Waals surface area contributed by atoms with Gasteiger partial charge in [0.2, 0.25) is 0 Å². The summed E-state index contributed by atoms with van der Waals surface area (Å²) in [6, 6.07) is 0. The summed E-state index contributed by atoms with van der Waals surface area (Å²) < 4.78 is 22.8. The van der Waals surface area contributed by atoms with Crippen LogP contribution in [0.4, 0.5) is 0 Å². The van der Waals surface area contributed by atoms with Gasteiger partial charge in [-0.3, -0.25) is 4.79 Å². The van der Waals surface area contributed by atoms with Gasteiger partial charge >= 0.3 is 5.97 Å². The van der Waals surface area contributed by atoms with E-state index in [9.17, 15) is 25.2 Å². The van der Waals surface area contributed by atoms with E-state index >= 15 is 0 Å². The zero-order valence-electron chi connectivity index (χ0n) is 35.4. The molecule has 56 heavy (non-hydrogen) atoms. The van der Waals surface area contributed by atoms with E-state index in [-0.39, 0.29) is 19.2 Å². The number of aliphatic hydroxyl groups excluding tert-OH is 4. The third-order valence-corrected chi connectivity index (χ3v) is 9.92. The molecule has 1 fully saturated rings. The summed E-state index contributed by atoms with van der Waals surface area (Å²) in [5, 5.41) is 40.1. The maximum absolute atomic E-state index is 12.8. The second kappa shape index (κ2) is 38.4. The smallest absolute Gasteiger partial charge is 0.306 e. The molecule has 0 radical (unpaired) electrons. The molecule has 4 N–H and O–H groups in total. The average Bonchev–Trinajstić information content (AvgIpc) is 3.20. The van der Waals surface area contributed by atoms with Crippen molar-refractivity contribution in [2.45, 2.75) is 205 Å². The normalized spacial score (nSPS) is 21.1. The summed E-state index contributed by atoms with van der Waals surface area (Å²) in [6.07, 6.45) is 41.0. The Morgan fingerprint density at radius 3 is 1.66 bits per heavy atom. The van der Waals surface area contributed by atoms with Crippen LogP contribution in [0.5, 0.6) is 0 Å². The summed E-state index contributed by atoms with van der Waals surface area (Å²) in [5.74, 6) is -0.332. The van der Waals surface area contributed by atoms with Crippen molar-refractivity contribution in [2.24, 2.45) is 0 Å². The van der Waals surface area contributed by atoms with Crippen LogP contribution in [-0.4, -0.2) is 89.6 Å². The number of allylic oxidation sites excluding steroid dienone is 10. The minimum absolute atomic E-state index is 0.119. The number of carbonyl (C=O) groups is 1. The maximum atomic E-state index is 12.8. The fourth-order valence-corrected chi connectivity index (χ4v) is 6.42. The lowest BCUT2D eigenvalue weighted by atomic mass is 9.99. The summed E-state index contributed by atoms with van der Waals surface area (Å²) in [7, 11) is 0. The molecule has 0 aromatic carbocycles. The van der Waals surface area contributed by atoms with E-state index in [4.69, 9.17) is 18.9 Å². The summed E-state index contributed by atoms with van der Waals surface area (Å²) in [5.41, 5.74) is 0. The largest absolute Gasteiger partial charge is 0.457 e. The van der Waals surface area contributed by atoms with Gasteiger partial charge in [-0.1, -0.05) is 145 Å². The Morgan fingerprint density at radius 2 is 1.09 bits per heavy atom. The lowest BCUT2D eigenvalue weighted by molar-refractivity contribution is -0.305. The van der Waals surface area contributed by atoms with Crippen LogP contribution in [0.2, 0.25) is 0 Å². The van der Waals surface area contributed by atoms with Crippen molar-refractivity contribution in [3.05, 3.63) is 60.8 Å². The highest BCUT2D eigenvalue weighted by Crippen LogP contribution is 2.22. The predicted octanol–water partition coefficient (Wildman–Crippen LogP) is 9.91. The number of esters is 1. The zero-order chi connectivity index (χ0) is 40.7. The molecule has 1 heterocycles. The molecule has 6 unspecified atom stereocenters. The second-order valence-corrected chi connectivity index (χ2v) is 15.1. The average molecular weight is 791 g/mol. The summed E-state index contributed by atoms with van der Waals surface area (Å²) in [6.45, 7) is 4.35. The molecule has 9 heteroatoms. The molecule has 1 rings (SSSR count). The molecular weight excluding hydrogens is 709 g/mol. The van der Waals surface area contributed by atoms with Crippen LogP contribution in [0.1, 0.15) is 168 Å². The first-order chi connectivity index (χ1) is 27.4. The van der Waals surface area contributed by atoms with E-state index in [1.165, 1.54) is 77.0 Å². The molecule has 1 aliphatic rings. The number of ether oxygens (including phenoxy) is 4. The van der Waals surface area contributed by atoms with Crippen LogP contribution in [0.25, 0.3) is 0 Å². The lowest BCUT2D eigenvalue weighted by Gasteiger charge is -2.39. The highest BCUT2D eigenvalue weighted by atomic mass is 16.7. The highest BCUT2D eigenvalue weighted by molar-refractivity contribution is 5.69. The molecule has 324 valence electrons. The highest BCUT2D eigenvalue weighted by Gasteiger charge is 2.44. The van der Waals surface area contributed by atoms with Gasteiger partial charge in [-0.25, -0.2) is 0 Å². The van der Waals surface area contributed by atoms with Crippen LogP contribution in [0.15, 0.2) is 60.8 Å². The molecule has 9 nitrogen and oxygen atoms in total. The van der Waals surface area contributed by atoms with E-state index in [2.05, 4.69) is 74.6 Å². The first kappa shape index (κ1) is 51.9. The molecule has 1 aliphatic heterocycles. The molecule has 0 saturated carbocycles. The van der Waals surface area contributed by atoms with Crippen molar-refractivity contribution < 1.29 is 44.2 Å². The van der Waals surface area contributed by atoms with Gasteiger partial charge in [0.25, 0.3) is 0 Å². The van der Waals surface area contributed by atoms with Gasteiger partial charge in [0.1, 0.15) is 30.5 Å². The van der Waals surface area contributed by atoms with E-state index in [1.807, 2.05) is 0 Å². The van der Waals surface area contributed by atoms with Gasteiger partial charge in [0.15, 0.2) is 6.29 Å². The first-order valence-electron chi connectivity index (χ1n) is 22.4. The van der Waals surface area contributed by atoms with Crippen molar-refractivity contribution in [1.29, 1.82) is 0 Å². The van der Waals surface area contributed by atoms with Crippen molar-refractivity contribution in [2.75, 3.05) is 26.4 Å². The van der Waals surface area contributed by atoms with Crippen LogP contribution in [-0.2, 0) is 23.7 Å². The summed E-state index contributed by atoms with van der Waals surface area (Å²) >= 11 is 0. The van der Waals surface area contributed by atoms with Gasteiger partial charge in [0, 0.05) is 13.0 Å².